The summed E-state index contributed by atoms with van der Waals surface area (Å²) in [5, 5.41) is 19.6. The fraction of sp³-hybridized carbons (Fsp3) is 0.714. The topological polar surface area (TPSA) is 84.1 Å². The molecule has 1 rings (SSSR count). The largest absolute Gasteiger partial charge is 0.480 e. The van der Waals surface area contributed by atoms with Crippen LogP contribution in [0.5, 0.6) is 0 Å². The van der Waals surface area contributed by atoms with E-state index in [0.29, 0.717) is 5.95 Å². The monoisotopic (exact) mass is 199 g/mol. The van der Waals surface area contributed by atoms with Crippen molar-refractivity contribution in [1.82, 2.24) is 20.2 Å². The van der Waals surface area contributed by atoms with Gasteiger partial charge in [-0.1, -0.05) is 5.10 Å². The van der Waals surface area contributed by atoms with Gasteiger partial charge >= 0.3 is 5.97 Å². The van der Waals surface area contributed by atoms with Crippen molar-refractivity contribution in [3.63, 3.8) is 0 Å². The number of rotatable bonds is 4. The van der Waals surface area contributed by atoms with Crippen LogP contribution in [0, 0.1) is 0 Å². The Balaban J connectivity index is 2.88. The first-order valence-corrected chi connectivity index (χ1v) is 4.23. The highest BCUT2D eigenvalue weighted by Gasteiger charge is 2.18. The zero-order chi connectivity index (χ0) is 10.7. The third-order valence-electron chi connectivity index (χ3n) is 1.78. The third-order valence-corrected chi connectivity index (χ3v) is 1.78. The van der Waals surface area contributed by atoms with Crippen LogP contribution >= 0.6 is 0 Å². The van der Waals surface area contributed by atoms with E-state index in [1.165, 1.54) is 4.68 Å². The second-order valence-electron chi connectivity index (χ2n) is 3.22. The SMILES string of the molecule is CC(C)N(CC(=O)O)c1nnnn1C. The number of carbonyl (C=O) groups is 1. The van der Waals surface area contributed by atoms with Crippen LogP contribution in [-0.4, -0.2) is 43.9 Å². The van der Waals surface area contributed by atoms with E-state index in [1.54, 1.807) is 11.9 Å². The molecule has 0 aliphatic carbocycles. The molecule has 78 valence electrons. The highest BCUT2D eigenvalue weighted by Crippen LogP contribution is 2.10. The molecule has 0 aromatic carbocycles. The van der Waals surface area contributed by atoms with Gasteiger partial charge in [-0.15, -0.1) is 0 Å². The number of nitrogens with zero attached hydrogens (tertiary/aromatic N) is 5. The Labute approximate surface area is 81.3 Å². The quantitative estimate of drug-likeness (QED) is 0.704. The summed E-state index contributed by atoms with van der Waals surface area (Å²) in [5.41, 5.74) is 0. The van der Waals surface area contributed by atoms with Gasteiger partial charge < -0.3 is 10.0 Å². The average Bonchev–Trinajstić information content (AvgIpc) is 2.46. The fourth-order valence-corrected chi connectivity index (χ4v) is 1.10. The predicted octanol–water partition coefficient (Wildman–Crippen LogP) is -0.491. The van der Waals surface area contributed by atoms with Gasteiger partial charge in [0.2, 0.25) is 5.95 Å². The van der Waals surface area contributed by atoms with Crippen molar-refractivity contribution in [2.75, 3.05) is 11.4 Å². The van der Waals surface area contributed by atoms with Gasteiger partial charge in [0, 0.05) is 13.1 Å². The minimum absolute atomic E-state index is 0.0378. The van der Waals surface area contributed by atoms with Crippen molar-refractivity contribution < 1.29 is 9.90 Å². The summed E-state index contributed by atoms with van der Waals surface area (Å²) in [6, 6.07) is 0.0378. The molecule has 0 bridgehead atoms. The molecule has 0 saturated carbocycles. The lowest BCUT2D eigenvalue weighted by atomic mass is 10.3. The van der Waals surface area contributed by atoms with E-state index >= 15 is 0 Å². The minimum Gasteiger partial charge on any atom is -0.480 e. The average molecular weight is 199 g/mol. The van der Waals surface area contributed by atoms with E-state index in [4.69, 9.17) is 5.11 Å². The maximum atomic E-state index is 10.6. The molecule has 0 spiro atoms. The second-order valence-corrected chi connectivity index (χ2v) is 3.22. The molecule has 1 heterocycles. The van der Waals surface area contributed by atoms with Crippen LogP contribution in [-0.2, 0) is 11.8 Å². The van der Waals surface area contributed by atoms with E-state index in [-0.39, 0.29) is 12.6 Å². The van der Waals surface area contributed by atoms with Crippen LogP contribution in [0.3, 0.4) is 0 Å². The maximum absolute atomic E-state index is 10.6. The molecule has 7 nitrogen and oxygen atoms in total. The van der Waals surface area contributed by atoms with E-state index < -0.39 is 5.97 Å². The van der Waals surface area contributed by atoms with Gasteiger partial charge in [-0.3, -0.25) is 4.79 Å². The molecular weight excluding hydrogens is 186 g/mol. The van der Waals surface area contributed by atoms with Crippen LogP contribution in [0.25, 0.3) is 0 Å². The number of carboxylic acid groups (broad SMARTS) is 1. The Kier molecular flexibility index (Phi) is 3.00. The normalized spacial score (nSPS) is 10.6. The molecule has 1 aromatic rings. The highest BCUT2D eigenvalue weighted by molar-refractivity contribution is 5.72. The summed E-state index contributed by atoms with van der Waals surface area (Å²) in [4.78, 5) is 12.2. The lowest BCUT2D eigenvalue weighted by Gasteiger charge is -2.24. The molecule has 0 radical (unpaired) electrons. The third kappa shape index (κ3) is 2.18. The number of tetrazole rings is 1. The highest BCUT2D eigenvalue weighted by atomic mass is 16.4. The van der Waals surface area contributed by atoms with E-state index in [1.807, 2.05) is 13.8 Å². The fourth-order valence-electron chi connectivity index (χ4n) is 1.10. The molecule has 0 unspecified atom stereocenters. The molecule has 14 heavy (non-hydrogen) atoms. The molecule has 0 fully saturated rings. The van der Waals surface area contributed by atoms with Crippen LogP contribution in [0.1, 0.15) is 13.8 Å². The number of aromatic nitrogens is 4. The van der Waals surface area contributed by atoms with E-state index in [0.717, 1.165) is 0 Å². The van der Waals surface area contributed by atoms with Crippen molar-refractivity contribution in [3.05, 3.63) is 0 Å². The van der Waals surface area contributed by atoms with Crippen molar-refractivity contribution >= 4 is 11.9 Å². The van der Waals surface area contributed by atoms with Gasteiger partial charge in [-0.25, -0.2) is 4.68 Å². The van der Waals surface area contributed by atoms with Crippen molar-refractivity contribution in [1.29, 1.82) is 0 Å². The molecule has 1 aromatic heterocycles. The Bertz CT molecular complexity index is 322. The summed E-state index contributed by atoms with van der Waals surface area (Å²) in [5.74, 6) is -0.441. The molecular formula is C7H13N5O2. The molecule has 1 N–H and O–H groups in total. The molecule has 0 amide bonds. The summed E-state index contributed by atoms with van der Waals surface area (Å²) in [7, 11) is 1.67. The zero-order valence-electron chi connectivity index (χ0n) is 8.38. The van der Waals surface area contributed by atoms with E-state index in [2.05, 4.69) is 15.5 Å². The Morgan fingerprint density at radius 3 is 2.64 bits per heavy atom. The summed E-state index contributed by atoms with van der Waals surface area (Å²) < 4.78 is 1.45. The van der Waals surface area contributed by atoms with Crippen LogP contribution < -0.4 is 4.90 Å². The van der Waals surface area contributed by atoms with Gasteiger partial charge in [-0.2, -0.15) is 0 Å². The first-order valence-electron chi connectivity index (χ1n) is 4.23. The molecule has 0 atom stereocenters. The number of aryl methyl sites for hydroxylation is 1. The van der Waals surface area contributed by atoms with Crippen molar-refractivity contribution in [2.45, 2.75) is 19.9 Å². The lowest BCUT2D eigenvalue weighted by Crippen LogP contribution is -2.37. The molecule has 0 aliphatic heterocycles. The van der Waals surface area contributed by atoms with Gasteiger partial charge in [0.15, 0.2) is 0 Å². The summed E-state index contributed by atoms with van der Waals surface area (Å²) in [6.07, 6.45) is 0. The predicted molar refractivity (Wildman–Crippen MR) is 48.9 cm³/mol. The number of carboxylic acids is 1. The van der Waals surface area contributed by atoms with Crippen LogP contribution in [0.4, 0.5) is 5.95 Å². The molecule has 0 saturated heterocycles. The Morgan fingerprint density at radius 2 is 2.29 bits per heavy atom. The second kappa shape index (κ2) is 4.03. The van der Waals surface area contributed by atoms with Crippen molar-refractivity contribution in [2.24, 2.45) is 7.05 Å². The lowest BCUT2D eigenvalue weighted by molar-refractivity contribution is -0.135. The molecule has 0 aliphatic rings. The van der Waals surface area contributed by atoms with Crippen molar-refractivity contribution in [3.8, 4) is 0 Å². The first-order chi connectivity index (χ1) is 6.52. The first kappa shape index (κ1) is 10.4. The maximum Gasteiger partial charge on any atom is 0.323 e. The Hall–Kier alpha value is -1.66. The molecule has 7 heteroatoms. The van der Waals surface area contributed by atoms with E-state index in [9.17, 15) is 4.79 Å². The Morgan fingerprint density at radius 1 is 1.64 bits per heavy atom. The van der Waals surface area contributed by atoms with Crippen LogP contribution in [0.2, 0.25) is 0 Å². The van der Waals surface area contributed by atoms with Gasteiger partial charge in [-0.05, 0) is 24.3 Å². The van der Waals surface area contributed by atoms with Crippen LogP contribution in [0.15, 0.2) is 0 Å². The minimum atomic E-state index is -0.901. The number of anilines is 1. The number of hydrogen-bond donors (Lipinski definition) is 1. The smallest absolute Gasteiger partial charge is 0.323 e. The summed E-state index contributed by atoms with van der Waals surface area (Å²) in [6.45, 7) is 3.67. The zero-order valence-corrected chi connectivity index (χ0v) is 8.38. The summed E-state index contributed by atoms with van der Waals surface area (Å²) >= 11 is 0. The number of aliphatic carboxylic acids is 1. The standard InChI is InChI=1S/C7H13N5O2/c1-5(2)12(4-6(13)14)7-8-9-10-11(7)3/h5H,4H2,1-3H3,(H,13,14). The van der Waals surface area contributed by atoms with Gasteiger partial charge in [0.25, 0.3) is 0 Å². The number of hydrogen-bond acceptors (Lipinski definition) is 5. The van der Waals surface area contributed by atoms with Gasteiger partial charge in [0.05, 0.1) is 0 Å². The van der Waals surface area contributed by atoms with Gasteiger partial charge in [0.1, 0.15) is 6.54 Å².